The molecule has 0 aromatic heterocycles. The van der Waals surface area contributed by atoms with Crippen LogP contribution in [0.5, 0.6) is 0 Å². The number of hydrogen-bond acceptors (Lipinski definition) is 3. The molecule has 0 aliphatic rings. The quantitative estimate of drug-likeness (QED) is 0.638. The van der Waals surface area contributed by atoms with Crippen molar-refractivity contribution in [3.63, 3.8) is 0 Å². The highest BCUT2D eigenvalue weighted by atomic mass is 19.1. The van der Waals surface area contributed by atoms with Crippen LogP contribution in [0, 0.1) is 19.7 Å². The first-order valence-electron chi connectivity index (χ1n) is 8.84. The van der Waals surface area contributed by atoms with Crippen LogP contribution >= 0.6 is 0 Å². The molecule has 0 aliphatic heterocycles. The number of ether oxygens (including phenoxy) is 1. The number of aryl methyl sites for hydroxylation is 2. The number of carbonyl (C=O) groups is 2. The fourth-order valence-corrected chi connectivity index (χ4v) is 2.77. The molecule has 0 heterocycles. The van der Waals surface area contributed by atoms with Crippen molar-refractivity contribution in [3.05, 3.63) is 101 Å². The Hall–Kier alpha value is -3.47. The maximum absolute atomic E-state index is 13.9. The molecule has 0 aliphatic carbocycles. The summed E-state index contributed by atoms with van der Waals surface area (Å²) in [6, 6.07) is 19.8. The number of anilines is 1. The summed E-state index contributed by atoms with van der Waals surface area (Å²) in [5, 5.41) is 2.81. The summed E-state index contributed by atoms with van der Waals surface area (Å²) >= 11 is 0. The van der Waals surface area contributed by atoms with E-state index in [1.54, 1.807) is 30.3 Å². The van der Waals surface area contributed by atoms with Crippen LogP contribution in [0.1, 0.15) is 33.2 Å². The molecule has 3 aromatic rings. The molecular weight excluding hydrogens is 357 g/mol. The zero-order valence-corrected chi connectivity index (χ0v) is 15.6. The van der Waals surface area contributed by atoms with E-state index in [2.05, 4.69) is 5.32 Å². The molecule has 0 unspecified atom stereocenters. The van der Waals surface area contributed by atoms with E-state index in [0.717, 1.165) is 11.1 Å². The third-order valence-corrected chi connectivity index (χ3v) is 4.31. The molecule has 0 bridgehead atoms. The van der Waals surface area contributed by atoms with Crippen LogP contribution in [0.2, 0.25) is 0 Å². The fraction of sp³-hybridized carbons (Fsp3) is 0.130. The van der Waals surface area contributed by atoms with Crippen LogP contribution in [0.3, 0.4) is 0 Å². The second-order valence-electron chi connectivity index (χ2n) is 6.48. The Bertz CT molecular complexity index is 1000. The molecule has 5 heteroatoms. The maximum atomic E-state index is 13.9. The van der Waals surface area contributed by atoms with E-state index in [0.29, 0.717) is 11.3 Å². The van der Waals surface area contributed by atoms with Crippen LogP contribution < -0.4 is 5.32 Å². The topological polar surface area (TPSA) is 55.4 Å². The van der Waals surface area contributed by atoms with Crippen LogP contribution in [-0.4, -0.2) is 11.9 Å². The first-order chi connectivity index (χ1) is 13.5. The number of rotatable bonds is 5. The van der Waals surface area contributed by atoms with Crippen molar-refractivity contribution in [1.29, 1.82) is 0 Å². The van der Waals surface area contributed by atoms with E-state index in [4.69, 9.17) is 4.74 Å². The highest BCUT2D eigenvalue weighted by Gasteiger charge is 2.27. The van der Waals surface area contributed by atoms with E-state index >= 15 is 0 Å². The van der Waals surface area contributed by atoms with Crippen LogP contribution in [0.15, 0.2) is 72.8 Å². The highest BCUT2D eigenvalue weighted by Crippen LogP contribution is 2.24. The third kappa shape index (κ3) is 4.43. The van der Waals surface area contributed by atoms with Gasteiger partial charge in [-0.3, -0.25) is 4.79 Å². The van der Waals surface area contributed by atoms with Crippen molar-refractivity contribution in [3.8, 4) is 0 Å². The predicted molar refractivity (Wildman–Crippen MR) is 106 cm³/mol. The van der Waals surface area contributed by atoms with Crippen molar-refractivity contribution in [2.45, 2.75) is 20.0 Å². The van der Waals surface area contributed by atoms with Gasteiger partial charge in [0.05, 0.1) is 5.56 Å². The molecule has 3 aromatic carbocycles. The molecule has 0 fully saturated rings. The maximum Gasteiger partial charge on any atom is 0.342 e. The van der Waals surface area contributed by atoms with E-state index in [9.17, 15) is 14.0 Å². The Labute approximate surface area is 163 Å². The van der Waals surface area contributed by atoms with E-state index in [-0.39, 0.29) is 5.56 Å². The Morgan fingerprint density at radius 3 is 2.32 bits per heavy atom. The molecule has 28 heavy (non-hydrogen) atoms. The number of esters is 1. The molecule has 3 rings (SSSR count). The normalized spacial score (nSPS) is 11.5. The summed E-state index contributed by atoms with van der Waals surface area (Å²) in [5.74, 6) is -2.11. The van der Waals surface area contributed by atoms with Crippen LogP contribution in [0.4, 0.5) is 10.1 Å². The van der Waals surface area contributed by atoms with Crippen molar-refractivity contribution < 1.29 is 18.7 Å². The predicted octanol–water partition coefficient (Wildman–Crippen LogP) is 4.98. The zero-order chi connectivity index (χ0) is 20.1. The van der Waals surface area contributed by atoms with Crippen LogP contribution in [-0.2, 0) is 9.53 Å². The van der Waals surface area contributed by atoms with E-state index in [1.165, 1.54) is 24.3 Å². The smallest absolute Gasteiger partial charge is 0.342 e. The third-order valence-electron chi connectivity index (χ3n) is 4.31. The first-order valence-corrected chi connectivity index (χ1v) is 8.84. The number of halogens is 1. The second-order valence-corrected chi connectivity index (χ2v) is 6.48. The average Bonchev–Trinajstić information content (AvgIpc) is 2.69. The summed E-state index contributed by atoms with van der Waals surface area (Å²) in [4.78, 5) is 25.4. The zero-order valence-electron chi connectivity index (χ0n) is 15.6. The fourth-order valence-electron chi connectivity index (χ4n) is 2.77. The molecule has 0 saturated carbocycles. The van der Waals surface area contributed by atoms with Gasteiger partial charge >= 0.3 is 5.97 Å². The summed E-state index contributed by atoms with van der Waals surface area (Å²) in [5.41, 5.74) is 2.78. The number of benzene rings is 3. The highest BCUT2D eigenvalue weighted by molar-refractivity contribution is 5.98. The number of carbonyl (C=O) groups excluding carboxylic acids is 2. The molecule has 1 N–H and O–H groups in total. The molecule has 1 atom stereocenters. The molecule has 0 radical (unpaired) electrons. The largest absolute Gasteiger partial charge is 0.444 e. The monoisotopic (exact) mass is 377 g/mol. The summed E-state index contributed by atoms with van der Waals surface area (Å²) in [7, 11) is 0. The van der Waals surface area contributed by atoms with Crippen molar-refractivity contribution in [2.75, 3.05) is 5.32 Å². The van der Waals surface area contributed by atoms with Gasteiger partial charge in [0.25, 0.3) is 5.91 Å². The number of nitrogens with one attached hydrogen (secondary N) is 1. The average molecular weight is 377 g/mol. The van der Waals surface area contributed by atoms with Gasteiger partial charge in [0.1, 0.15) is 5.82 Å². The van der Waals surface area contributed by atoms with Gasteiger partial charge < -0.3 is 10.1 Å². The van der Waals surface area contributed by atoms with Crippen LogP contribution in [0.25, 0.3) is 0 Å². The minimum atomic E-state index is -1.21. The number of amides is 1. The lowest BCUT2D eigenvalue weighted by molar-refractivity contribution is -0.125. The molecule has 1 amide bonds. The minimum Gasteiger partial charge on any atom is -0.444 e. The van der Waals surface area contributed by atoms with Crippen molar-refractivity contribution in [2.24, 2.45) is 0 Å². The standard InChI is InChI=1S/C23H20FNO3/c1-15-12-13-16(2)20(14-15)25-22(26)21(17-8-4-3-5-9-17)28-23(27)18-10-6-7-11-19(18)24/h3-14,21H,1-2H3,(H,25,26)/t21-/m0/s1. The molecule has 0 spiro atoms. The lowest BCUT2D eigenvalue weighted by atomic mass is 10.1. The Morgan fingerprint density at radius 1 is 0.929 bits per heavy atom. The van der Waals surface area contributed by atoms with Gasteiger partial charge in [0.2, 0.25) is 6.10 Å². The molecule has 4 nitrogen and oxygen atoms in total. The van der Waals surface area contributed by atoms with Crippen molar-refractivity contribution >= 4 is 17.6 Å². The van der Waals surface area contributed by atoms with E-state index < -0.39 is 23.8 Å². The lowest BCUT2D eigenvalue weighted by Crippen LogP contribution is -2.26. The van der Waals surface area contributed by atoms with Gasteiger partial charge in [-0.25, -0.2) is 9.18 Å². The SMILES string of the molecule is Cc1ccc(C)c(NC(=O)[C@@H](OC(=O)c2ccccc2F)c2ccccc2)c1. The second kappa shape index (κ2) is 8.48. The van der Waals surface area contributed by atoms with Crippen molar-refractivity contribution in [1.82, 2.24) is 0 Å². The van der Waals surface area contributed by atoms with E-state index in [1.807, 2.05) is 32.0 Å². The molecular formula is C23H20FNO3. The van der Waals surface area contributed by atoms with Gasteiger partial charge in [-0.2, -0.15) is 0 Å². The number of hydrogen-bond donors (Lipinski definition) is 1. The summed E-state index contributed by atoms with van der Waals surface area (Å²) < 4.78 is 19.4. The Morgan fingerprint density at radius 2 is 1.61 bits per heavy atom. The Balaban J connectivity index is 1.89. The first kappa shape index (κ1) is 19.3. The summed E-state index contributed by atoms with van der Waals surface area (Å²) in [6.45, 7) is 3.79. The minimum absolute atomic E-state index is 0.219. The van der Waals surface area contributed by atoms with Gasteiger partial charge in [0.15, 0.2) is 0 Å². The van der Waals surface area contributed by atoms with Gasteiger partial charge in [0, 0.05) is 11.3 Å². The molecule has 0 saturated heterocycles. The molecule has 142 valence electrons. The summed E-state index contributed by atoms with van der Waals surface area (Å²) in [6.07, 6.45) is -1.21. The lowest BCUT2D eigenvalue weighted by Gasteiger charge is -2.19. The van der Waals surface area contributed by atoms with Gasteiger partial charge in [-0.15, -0.1) is 0 Å². The Kier molecular flexibility index (Phi) is 5.84. The van der Waals surface area contributed by atoms with Gasteiger partial charge in [-0.1, -0.05) is 54.6 Å². The van der Waals surface area contributed by atoms with Gasteiger partial charge in [-0.05, 0) is 43.2 Å².